The Labute approximate surface area is 151 Å². The van der Waals surface area contributed by atoms with Crippen LogP contribution >= 0.6 is 11.3 Å². The summed E-state index contributed by atoms with van der Waals surface area (Å²) in [5, 5.41) is 3.14. The lowest BCUT2D eigenvalue weighted by atomic mass is 10.0. The molecule has 0 unspecified atom stereocenters. The number of ether oxygens (including phenoxy) is 1. The molecule has 2 aromatic carbocycles. The van der Waals surface area contributed by atoms with E-state index in [1.54, 1.807) is 31.4 Å². The van der Waals surface area contributed by atoms with Crippen LogP contribution in [-0.2, 0) is 6.18 Å². The molecule has 0 fully saturated rings. The van der Waals surface area contributed by atoms with Gasteiger partial charge in [0.05, 0.1) is 7.11 Å². The SMILES string of the molecule is COc1cccc(-c2ccc(C(=O)Nc3nc(C(F)(F)F)cs3)cc2)c1. The zero-order chi connectivity index (χ0) is 18.7. The van der Waals surface area contributed by atoms with Crippen LogP contribution in [0.4, 0.5) is 18.3 Å². The summed E-state index contributed by atoms with van der Waals surface area (Å²) in [6.07, 6.45) is -4.53. The molecule has 0 aliphatic rings. The summed E-state index contributed by atoms with van der Waals surface area (Å²) in [5.41, 5.74) is 1.10. The van der Waals surface area contributed by atoms with E-state index in [1.807, 2.05) is 24.3 Å². The fourth-order valence-corrected chi connectivity index (χ4v) is 2.96. The Bertz CT molecular complexity index is 921. The van der Waals surface area contributed by atoms with Crippen LogP contribution in [0, 0.1) is 0 Å². The van der Waals surface area contributed by atoms with Crippen molar-refractivity contribution in [1.29, 1.82) is 0 Å². The van der Waals surface area contributed by atoms with E-state index in [2.05, 4.69) is 10.3 Å². The number of halogens is 3. The molecule has 1 N–H and O–H groups in total. The van der Waals surface area contributed by atoms with Crippen molar-refractivity contribution < 1.29 is 22.7 Å². The third-order valence-electron chi connectivity index (χ3n) is 3.57. The van der Waals surface area contributed by atoms with Gasteiger partial charge in [-0.25, -0.2) is 4.98 Å². The highest BCUT2D eigenvalue weighted by Gasteiger charge is 2.33. The molecule has 0 aliphatic carbocycles. The predicted molar refractivity (Wildman–Crippen MR) is 93.5 cm³/mol. The van der Waals surface area contributed by atoms with Gasteiger partial charge < -0.3 is 4.74 Å². The zero-order valence-electron chi connectivity index (χ0n) is 13.5. The number of aromatic nitrogens is 1. The van der Waals surface area contributed by atoms with Crippen LogP contribution in [0.5, 0.6) is 5.75 Å². The summed E-state index contributed by atoms with van der Waals surface area (Å²) >= 11 is 0.727. The van der Waals surface area contributed by atoms with Crippen molar-refractivity contribution in [2.45, 2.75) is 6.18 Å². The third kappa shape index (κ3) is 4.02. The molecule has 1 amide bonds. The number of nitrogens with zero attached hydrogens (tertiary/aromatic N) is 1. The smallest absolute Gasteiger partial charge is 0.434 e. The Morgan fingerprint density at radius 1 is 1.12 bits per heavy atom. The highest BCUT2D eigenvalue weighted by Crippen LogP contribution is 2.31. The molecule has 1 aromatic heterocycles. The van der Waals surface area contributed by atoms with E-state index in [9.17, 15) is 18.0 Å². The molecule has 1 heterocycles. The standard InChI is InChI=1S/C18H13F3N2O2S/c1-25-14-4-2-3-13(9-14)11-5-7-12(8-6-11)16(24)23-17-22-15(10-26-17)18(19,20)21/h2-10H,1H3,(H,22,23,24). The van der Waals surface area contributed by atoms with Crippen molar-refractivity contribution in [3.63, 3.8) is 0 Å². The van der Waals surface area contributed by atoms with E-state index in [0.29, 0.717) is 11.3 Å². The topological polar surface area (TPSA) is 51.2 Å². The maximum absolute atomic E-state index is 12.5. The summed E-state index contributed by atoms with van der Waals surface area (Å²) in [6.45, 7) is 0. The molecule has 26 heavy (non-hydrogen) atoms. The van der Waals surface area contributed by atoms with E-state index in [4.69, 9.17) is 4.74 Å². The van der Waals surface area contributed by atoms with Crippen molar-refractivity contribution in [3.8, 4) is 16.9 Å². The molecule has 0 aliphatic heterocycles. The molecule has 3 aromatic rings. The second-order valence-electron chi connectivity index (χ2n) is 5.30. The van der Waals surface area contributed by atoms with Crippen LogP contribution in [0.1, 0.15) is 16.1 Å². The van der Waals surface area contributed by atoms with Gasteiger partial charge >= 0.3 is 6.18 Å². The molecule has 0 spiro atoms. The Kier molecular flexibility index (Phi) is 4.94. The van der Waals surface area contributed by atoms with E-state index in [1.165, 1.54) is 0 Å². The van der Waals surface area contributed by atoms with Crippen LogP contribution in [0.3, 0.4) is 0 Å². The van der Waals surface area contributed by atoms with Crippen LogP contribution in [0.2, 0.25) is 0 Å². The van der Waals surface area contributed by atoms with Crippen molar-refractivity contribution >= 4 is 22.4 Å². The van der Waals surface area contributed by atoms with Crippen molar-refractivity contribution in [2.75, 3.05) is 12.4 Å². The quantitative estimate of drug-likeness (QED) is 0.688. The minimum Gasteiger partial charge on any atom is -0.497 e. The predicted octanol–water partition coefficient (Wildman–Crippen LogP) is 5.09. The average Bonchev–Trinajstić information content (AvgIpc) is 3.11. The fourth-order valence-electron chi connectivity index (χ4n) is 2.25. The summed E-state index contributed by atoms with van der Waals surface area (Å²) in [5.74, 6) is 0.193. The maximum atomic E-state index is 12.5. The number of carbonyl (C=O) groups is 1. The Hall–Kier alpha value is -2.87. The highest BCUT2D eigenvalue weighted by molar-refractivity contribution is 7.14. The van der Waals surface area contributed by atoms with E-state index in [-0.39, 0.29) is 5.13 Å². The number of alkyl halides is 3. The molecule has 8 heteroatoms. The van der Waals surface area contributed by atoms with Crippen LogP contribution in [0.15, 0.2) is 53.9 Å². The van der Waals surface area contributed by atoms with Gasteiger partial charge in [0, 0.05) is 10.9 Å². The number of hydrogen-bond acceptors (Lipinski definition) is 4. The van der Waals surface area contributed by atoms with E-state index < -0.39 is 17.8 Å². The Balaban J connectivity index is 1.73. The van der Waals surface area contributed by atoms with Crippen molar-refractivity contribution in [1.82, 2.24) is 4.98 Å². The maximum Gasteiger partial charge on any atom is 0.434 e. The van der Waals surface area contributed by atoms with Gasteiger partial charge in [0.2, 0.25) is 0 Å². The van der Waals surface area contributed by atoms with Gasteiger partial charge in [-0.3, -0.25) is 10.1 Å². The molecule has 0 radical (unpaired) electrons. The van der Waals surface area contributed by atoms with Crippen molar-refractivity contribution in [2.24, 2.45) is 0 Å². The summed E-state index contributed by atoms with van der Waals surface area (Å²) in [7, 11) is 1.58. The van der Waals surface area contributed by atoms with Gasteiger partial charge in [0.15, 0.2) is 10.8 Å². The van der Waals surface area contributed by atoms with Crippen molar-refractivity contribution in [3.05, 3.63) is 65.2 Å². The molecule has 3 rings (SSSR count). The second-order valence-corrected chi connectivity index (χ2v) is 6.16. The zero-order valence-corrected chi connectivity index (χ0v) is 14.3. The first-order valence-electron chi connectivity index (χ1n) is 7.45. The number of carbonyl (C=O) groups excluding carboxylic acids is 1. The first-order chi connectivity index (χ1) is 12.4. The lowest BCUT2D eigenvalue weighted by molar-refractivity contribution is -0.140. The van der Waals surface area contributed by atoms with E-state index >= 15 is 0 Å². The van der Waals surface area contributed by atoms with Gasteiger partial charge in [-0.15, -0.1) is 11.3 Å². The number of methoxy groups -OCH3 is 1. The second kappa shape index (κ2) is 7.17. The number of anilines is 1. The monoisotopic (exact) mass is 378 g/mol. The number of benzene rings is 2. The van der Waals surface area contributed by atoms with Crippen LogP contribution < -0.4 is 10.1 Å². The molecule has 0 atom stereocenters. The van der Waals surface area contributed by atoms with Gasteiger partial charge in [0.1, 0.15) is 5.75 Å². The minimum atomic E-state index is -4.53. The fraction of sp³-hybridized carbons (Fsp3) is 0.111. The normalized spacial score (nSPS) is 11.2. The number of nitrogens with one attached hydrogen (secondary N) is 1. The lowest BCUT2D eigenvalue weighted by Gasteiger charge is -2.06. The number of amides is 1. The molecule has 0 bridgehead atoms. The average molecular weight is 378 g/mol. The third-order valence-corrected chi connectivity index (χ3v) is 4.32. The number of hydrogen-bond donors (Lipinski definition) is 1. The van der Waals surface area contributed by atoms with Crippen LogP contribution in [-0.4, -0.2) is 18.0 Å². The summed E-state index contributed by atoms with van der Waals surface area (Å²) in [6, 6.07) is 14.2. The highest BCUT2D eigenvalue weighted by atomic mass is 32.1. The molecular formula is C18H13F3N2O2S. The van der Waals surface area contributed by atoms with Gasteiger partial charge in [-0.1, -0.05) is 24.3 Å². The Morgan fingerprint density at radius 3 is 2.46 bits per heavy atom. The molecule has 0 saturated heterocycles. The largest absolute Gasteiger partial charge is 0.497 e. The summed E-state index contributed by atoms with van der Waals surface area (Å²) < 4.78 is 42.8. The van der Waals surface area contributed by atoms with Gasteiger partial charge in [0.25, 0.3) is 5.91 Å². The minimum absolute atomic E-state index is 0.0980. The molecular weight excluding hydrogens is 365 g/mol. The Morgan fingerprint density at radius 2 is 1.85 bits per heavy atom. The van der Waals surface area contributed by atoms with Gasteiger partial charge in [-0.05, 0) is 35.4 Å². The number of thiazole rings is 1. The van der Waals surface area contributed by atoms with E-state index in [0.717, 1.165) is 27.8 Å². The molecule has 4 nitrogen and oxygen atoms in total. The first-order valence-corrected chi connectivity index (χ1v) is 8.33. The molecule has 134 valence electrons. The van der Waals surface area contributed by atoms with Gasteiger partial charge in [-0.2, -0.15) is 13.2 Å². The number of rotatable bonds is 4. The first kappa shape index (κ1) is 17.9. The lowest BCUT2D eigenvalue weighted by Crippen LogP contribution is -2.12. The summed E-state index contributed by atoms with van der Waals surface area (Å²) in [4.78, 5) is 15.6. The molecule has 0 saturated carbocycles. The van der Waals surface area contributed by atoms with Crippen LogP contribution in [0.25, 0.3) is 11.1 Å².